The van der Waals surface area contributed by atoms with Gasteiger partial charge in [0.05, 0.1) is 7.05 Å². The Balaban J connectivity index is 2.18. The standard InChI is InChI=1S/C7H14N6O/c1-3-8-7(14)9-5-4-6-10-12-13(2)11-6/h3-5H2,1-2H3,(H2,8,9,14). The molecule has 2 N–H and O–H groups in total. The van der Waals surface area contributed by atoms with Crippen LogP contribution in [-0.4, -0.2) is 39.3 Å². The average molecular weight is 198 g/mol. The van der Waals surface area contributed by atoms with E-state index in [1.807, 2.05) is 6.92 Å². The number of urea groups is 1. The molecule has 0 spiro atoms. The Hall–Kier alpha value is -1.66. The van der Waals surface area contributed by atoms with Crippen LogP contribution in [0.1, 0.15) is 12.7 Å². The maximum absolute atomic E-state index is 11.0. The van der Waals surface area contributed by atoms with Crippen molar-refractivity contribution < 1.29 is 4.79 Å². The number of carbonyl (C=O) groups is 1. The second kappa shape index (κ2) is 5.15. The minimum absolute atomic E-state index is 0.170. The Labute approximate surface area is 81.9 Å². The number of nitrogens with zero attached hydrogens (tertiary/aromatic N) is 4. The highest BCUT2D eigenvalue weighted by Gasteiger charge is 2.01. The summed E-state index contributed by atoms with van der Waals surface area (Å²) < 4.78 is 0. The summed E-state index contributed by atoms with van der Waals surface area (Å²) in [7, 11) is 1.70. The lowest BCUT2D eigenvalue weighted by Crippen LogP contribution is -2.36. The molecule has 1 heterocycles. The monoisotopic (exact) mass is 198 g/mol. The Morgan fingerprint density at radius 1 is 1.50 bits per heavy atom. The number of nitrogens with one attached hydrogen (secondary N) is 2. The van der Waals surface area contributed by atoms with E-state index >= 15 is 0 Å². The van der Waals surface area contributed by atoms with Gasteiger partial charge in [-0.05, 0) is 12.1 Å². The molecular weight excluding hydrogens is 184 g/mol. The molecule has 1 rings (SSSR count). The van der Waals surface area contributed by atoms with Crippen LogP contribution in [0.2, 0.25) is 0 Å². The van der Waals surface area contributed by atoms with Crippen molar-refractivity contribution in [1.29, 1.82) is 0 Å². The number of aromatic nitrogens is 4. The van der Waals surface area contributed by atoms with Crippen LogP contribution >= 0.6 is 0 Å². The lowest BCUT2D eigenvalue weighted by molar-refractivity contribution is 0.241. The van der Waals surface area contributed by atoms with Crippen LogP contribution < -0.4 is 10.6 Å². The van der Waals surface area contributed by atoms with Crippen LogP contribution in [0.5, 0.6) is 0 Å². The zero-order chi connectivity index (χ0) is 10.4. The average Bonchev–Trinajstić information content (AvgIpc) is 2.52. The summed E-state index contributed by atoms with van der Waals surface area (Å²) in [5.74, 6) is 0.629. The minimum atomic E-state index is -0.170. The fourth-order valence-electron chi connectivity index (χ4n) is 0.934. The van der Waals surface area contributed by atoms with E-state index in [9.17, 15) is 4.79 Å². The van der Waals surface area contributed by atoms with Crippen LogP contribution in [-0.2, 0) is 13.5 Å². The zero-order valence-electron chi connectivity index (χ0n) is 8.32. The first kappa shape index (κ1) is 10.4. The Morgan fingerprint density at radius 2 is 2.29 bits per heavy atom. The van der Waals surface area contributed by atoms with E-state index in [2.05, 4.69) is 26.0 Å². The van der Waals surface area contributed by atoms with Crippen molar-refractivity contribution in [3.8, 4) is 0 Å². The zero-order valence-corrected chi connectivity index (χ0v) is 8.32. The van der Waals surface area contributed by atoms with Crippen LogP contribution in [0.3, 0.4) is 0 Å². The first-order valence-corrected chi connectivity index (χ1v) is 4.47. The van der Waals surface area contributed by atoms with Gasteiger partial charge in [0.2, 0.25) is 0 Å². The van der Waals surface area contributed by atoms with Gasteiger partial charge in [0.25, 0.3) is 0 Å². The lowest BCUT2D eigenvalue weighted by atomic mass is 10.4. The predicted octanol–water partition coefficient (Wildman–Crippen LogP) is -0.928. The van der Waals surface area contributed by atoms with Crippen molar-refractivity contribution in [3.05, 3.63) is 5.82 Å². The molecule has 7 heteroatoms. The molecule has 0 aliphatic rings. The second-order valence-electron chi connectivity index (χ2n) is 2.73. The van der Waals surface area contributed by atoms with Gasteiger partial charge in [-0.15, -0.1) is 10.2 Å². The van der Waals surface area contributed by atoms with E-state index in [-0.39, 0.29) is 6.03 Å². The molecule has 2 amide bonds. The molecule has 1 aromatic rings. The molecule has 0 saturated heterocycles. The molecule has 1 aromatic heterocycles. The first-order valence-electron chi connectivity index (χ1n) is 4.47. The van der Waals surface area contributed by atoms with Crippen LogP contribution in [0.15, 0.2) is 0 Å². The first-order chi connectivity index (χ1) is 6.72. The highest BCUT2D eigenvalue weighted by atomic mass is 16.2. The van der Waals surface area contributed by atoms with E-state index in [4.69, 9.17) is 0 Å². The maximum atomic E-state index is 11.0. The largest absolute Gasteiger partial charge is 0.338 e. The van der Waals surface area contributed by atoms with Gasteiger partial charge in [0, 0.05) is 19.5 Å². The number of hydrogen-bond donors (Lipinski definition) is 2. The van der Waals surface area contributed by atoms with Crippen molar-refractivity contribution in [3.63, 3.8) is 0 Å². The molecule has 0 bridgehead atoms. The molecule has 0 aliphatic heterocycles. The minimum Gasteiger partial charge on any atom is -0.338 e. The van der Waals surface area contributed by atoms with Gasteiger partial charge >= 0.3 is 6.03 Å². The molecule has 0 unspecified atom stereocenters. The van der Waals surface area contributed by atoms with E-state index in [0.29, 0.717) is 25.3 Å². The number of hydrogen-bond acceptors (Lipinski definition) is 4. The second-order valence-corrected chi connectivity index (χ2v) is 2.73. The van der Waals surface area contributed by atoms with Gasteiger partial charge in [0.15, 0.2) is 5.82 Å². The fourth-order valence-corrected chi connectivity index (χ4v) is 0.934. The summed E-state index contributed by atoms with van der Waals surface area (Å²) in [4.78, 5) is 12.3. The molecule has 0 atom stereocenters. The van der Waals surface area contributed by atoms with Crippen LogP contribution in [0, 0.1) is 0 Å². The fraction of sp³-hybridized carbons (Fsp3) is 0.714. The maximum Gasteiger partial charge on any atom is 0.314 e. The topological polar surface area (TPSA) is 84.7 Å². The molecule has 0 aliphatic carbocycles. The number of tetrazole rings is 1. The summed E-state index contributed by atoms with van der Waals surface area (Å²) in [6.45, 7) is 3.00. The molecule has 0 fully saturated rings. The van der Waals surface area contributed by atoms with Gasteiger partial charge in [-0.2, -0.15) is 4.80 Å². The quantitative estimate of drug-likeness (QED) is 0.654. The van der Waals surface area contributed by atoms with E-state index < -0.39 is 0 Å². The van der Waals surface area contributed by atoms with Gasteiger partial charge < -0.3 is 10.6 Å². The molecule has 7 nitrogen and oxygen atoms in total. The third-order valence-corrected chi connectivity index (χ3v) is 1.52. The summed E-state index contributed by atoms with van der Waals surface area (Å²) >= 11 is 0. The molecule has 0 saturated carbocycles. The van der Waals surface area contributed by atoms with Gasteiger partial charge in [-0.3, -0.25) is 0 Å². The third kappa shape index (κ3) is 3.38. The van der Waals surface area contributed by atoms with Crippen molar-refractivity contribution in [2.24, 2.45) is 7.05 Å². The Bertz CT molecular complexity index is 296. The van der Waals surface area contributed by atoms with Gasteiger partial charge in [0.1, 0.15) is 0 Å². The predicted molar refractivity (Wildman–Crippen MR) is 49.6 cm³/mol. The summed E-state index contributed by atoms with van der Waals surface area (Å²) in [6, 6.07) is -0.170. The SMILES string of the molecule is CCNC(=O)NCCc1nnn(C)n1. The smallest absolute Gasteiger partial charge is 0.314 e. The molecular formula is C7H14N6O. The molecule has 14 heavy (non-hydrogen) atoms. The summed E-state index contributed by atoms with van der Waals surface area (Å²) in [5, 5.41) is 16.7. The van der Waals surface area contributed by atoms with E-state index in [1.165, 1.54) is 4.80 Å². The Kier molecular flexibility index (Phi) is 3.84. The summed E-state index contributed by atoms with van der Waals surface area (Å²) in [6.07, 6.45) is 0.588. The Morgan fingerprint density at radius 3 is 2.86 bits per heavy atom. The van der Waals surface area contributed by atoms with Gasteiger partial charge in [-0.25, -0.2) is 4.79 Å². The van der Waals surface area contributed by atoms with Crippen molar-refractivity contribution in [1.82, 2.24) is 30.8 Å². The highest BCUT2D eigenvalue weighted by molar-refractivity contribution is 5.73. The lowest BCUT2D eigenvalue weighted by Gasteiger charge is -2.02. The van der Waals surface area contributed by atoms with E-state index in [1.54, 1.807) is 7.05 Å². The highest BCUT2D eigenvalue weighted by Crippen LogP contribution is 1.84. The van der Waals surface area contributed by atoms with E-state index in [0.717, 1.165) is 0 Å². The van der Waals surface area contributed by atoms with Crippen LogP contribution in [0.25, 0.3) is 0 Å². The summed E-state index contributed by atoms with van der Waals surface area (Å²) in [5.41, 5.74) is 0. The number of rotatable bonds is 4. The molecule has 78 valence electrons. The van der Waals surface area contributed by atoms with Crippen molar-refractivity contribution in [2.75, 3.05) is 13.1 Å². The van der Waals surface area contributed by atoms with Gasteiger partial charge in [-0.1, -0.05) is 0 Å². The van der Waals surface area contributed by atoms with Crippen molar-refractivity contribution >= 4 is 6.03 Å². The number of aryl methyl sites for hydroxylation is 1. The number of carbonyl (C=O) groups excluding carboxylic acids is 1. The number of amides is 2. The molecule has 0 aromatic carbocycles. The normalized spacial score (nSPS) is 9.86. The third-order valence-electron chi connectivity index (χ3n) is 1.52. The molecule has 0 radical (unpaired) electrons. The van der Waals surface area contributed by atoms with Crippen LogP contribution in [0.4, 0.5) is 4.79 Å². The van der Waals surface area contributed by atoms with Crippen molar-refractivity contribution in [2.45, 2.75) is 13.3 Å².